The molecule has 0 unspecified atom stereocenters. The van der Waals surface area contributed by atoms with Gasteiger partial charge in [0, 0.05) is 18.0 Å². The fourth-order valence-corrected chi connectivity index (χ4v) is 5.56. The van der Waals surface area contributed by atoms with Crippen LogP contribution in [0.1, 0.15) is 28.4 Å². The first-order chi connectivity index (χ1) is 17.8. The predicted octanol–water partition coefficient (Wildman–Crippen LogP) is 5.74. The van der Waals surface area contributed by atoms with Crippen molar-refractivity contribution < 1.29 is 19.1 Å². The second-order valence-electron chi connectivity index (χ2n) is 8.29. The van der Waals surface area contributed by atoms with Crippen LogP contribution in [-0.2, 0) is 16.6 Å². The van der Waals surface area contributed by atoms with Crippen LogP contribution in [0.2, 0.25) is 0 Å². The van der Waals surface area contributed by atoms with Crippen molar-refractivity contribution >= 4 is 40.0 Å². The number of carbonyl (C=O) groups is 2. The maximum atomic E-state index is 12.9. The van der Waals surface area contributed by atoms with Gasteiger partial charge in [0.25, 0.3) is 0 Å². The molecule has 0 aliphatic carbocycles. The molecule has 37 heavy (non-hydrogen) atoms. The average molecular weight is 537 g/mol. The molecule has 0 bridgehead atoms. The third-order valence-corrected chi connectivity index (χ3v) is 7.63. The lowest BCUT2D eigenvalue weighted by molar-refractivity contribution is -0.113. The van der Waals surface area contributed by atoms with Gasteiger partial charge in [0.1, 0.15) is 16.3 Å². The molecule has 10 heteroatoms. The number of thioether (sulfide) groups is 1. The van der Waals surface area contributed by atoms with Gasteiger partial charge in [-0.25, -0.2) is 4.79 Å². The maximum absolute atomic E-state index is 12.9. The molecule has 0 fully saturated rings. The number of carbonyl (C=O) groups excluding carboxylic acids is 2. The van der Waals surface area contributed by atoms with Crippen LogP contribution < -0.4 is 10.1 Å². The first kappa shape index (κ1) is 26.4. The minimum Gasteiger partial charge on any atom is -0.493 e. The summed E-state index contributed by atoms with van der Waals surface area (Å²) in [6.07, 6.45) is 0. The van der Waals surface area contributed by atoms with E-state index in [1.165, 1.54) is 30.2 Å². The van der Waals surface area contributed by atoms with Crippen LogP contribution in [0.3, 0.4) is 0 Å². The van der Waals surface area contributed by atoms with E-state index in [1.54, 1.807) is 0 Å². The largest absolute Gasteiger partial charge is 0.493 e. The summed E-state index contributed by atoms with van der Waals surface area (Å²) >= 11 is 2.56. The van der Waals surface area contributed by atoms with E-state index in [-0.39, 0.29) is 11.7 Å². The molecule has 192 valence electrons. The number of hydrogen-bond acceptors (Lipinski definition) is 8. The molecule has 2 heterocycles. The number of methoxy groups -OCH3 is 1. The molecule has 0 saturated carbocycles. The van der Waals surface area contributed by atoms with Crippen LogP contribution in [0.15, 0.2) is 53.0 Å². The van der Waals surface area contributed by atoms with Crippen LogP contribution in [-0.4, -0.2) is 46.1 Å². The molecule has 1 amide bonds. The minimum absolute atomic E-state index is 0.0936. The molecule has 0 atom stereocenters. The summed E-state index contributed by atoms with van der Waals surface area (Å²) in [7, 11) is 3.19. The van der Waals surface area contributed by atoms with Gasteiger partial charge in [0.05, 0.1) is 25.0 Å². The minimum atomic E-state index is -0.494. The average Bonchev–Trinajstić information content (AvgIpc) is 3.47. The smallest absolute Gasteiger partial charge is 0.341 e. The summed E-state index contributed by atoms with van der Waals surface area (Å²) in [5.74, 6) is 0.713. The zero-order valence-corrected chi connectivity index (χ0v) is 23.0. The Balaban J connectivity index is 1.52. The Morgan fingerprint density at radius 2 is 1.86 bits per heavy atom. The van der Waals surface area contributed by atoms with Gasteiger partial charge in [-0.15, -0.1) is 21.5 Å². The molecule has 0 aliphatic heterocycles. The van der Waals surface area contributed by atoms with Gasteiger partial charge in [-0.05, 0) is 44.0 Å². The number of para-hydroxylation sites is 1. The van der Waals surface area contributed by atoms with Gasteiger partial charge >= 0.3 is 5.97 Å². The number of thiophene rings is 1. The quantitative estimate of drug-likeness (QED) is 0.215. The summed E-state index contributed by atoms with van der Waals surface area (Å²) < 4.78 is 12.6. The Hall–Kier alpha value is -3.63. The van der Waals surface area contributed by atoms with Crippen molar-refractivity contribution in [1.29, 1.82) is 0 Å². The van der Waals surface area contributed by atoms with Gasteiger partial charge in [0.15, 0.2) is 11.0 Å². The number of aryl methyl sites for hydroxylation is 2. The second-order valence-corrected chi connectivity index (χ2v) is 10.1. The SMILES string of the molecule is CCOc1ccccc1-c1nnc(SCC(=O)Nc2scc(-c3cc(C)ccc3C)c2C(=O)OC)n1C. The fourth-order valence-electron chi connectivity index (χ4n) is 3.88. The van der Waals surface area contributed by atoms with E-state index in [4.69, 9.17) is 9.47 Å². The zero-order chi connectivity index (χ0) is 26.5. The Bertz CT molecular complexity index is 1440. The van der Waals surface area contributed by atoms with Crippen molar-refractivity contribution in [3.05, 3.63) is 64.5 Å². The molecule has 0 radical (unpaired) electrons. The van der Waals surface area contributed by atoms with E-state index in [9.17, 15) is 9.59 Å². The van der Waals surface area contributed by atoms with Gasteiger partial charge in [-0.1, -0.05) is 47.7 Å². The van der Waals surface area contributed by atoms with Crippen molar-refractivity contribution in [2.75, 3.05) is 24.8 Å². The van der Waals surface area contributed by atoms with Gasteiger partial charge in [0.2, 0.25) is 5.91 Å². The van der Waals surface area contributed by atoms with Crippen LogP contribution in [0, 0.1) is 13.8 Å². The normalized spacial score (nSPS) is 10.8. The number of amides is 1. The van der Waals surface area contributed by atoms with Crippen molar-refractivity contribution in [3.63, 3.8) is 0 Å². The third-order valence-electron chi connectivity index (χ3n) is 5.71. The van der Waals surface area contributed by atoms with Crippen molar-refractivity contribution in [2.24, 2.45) is 7.05 Å². The zero-order valence-electron chi connectivity index (χ0n) is 21.3. The van der Waals surface area contributed by atoms with Crippen molar-refractivity contribution in [3.8, 4) is 28.3 Å². The van der Waals surface area contributed by atoms with E-state index in [0.717, 1.165) is 33.6 Å². The van der Waals surface area contributed by atoms with E-state index >= 15 is 0 Å². The lowest BCUT2D eigenvalue weighted by atomic mass is 9.97. The molecule has 2 aromatic heterocycles. The maximum Gasteiger partial charge on any atom is 0.341 e. The molecule has 1 N–H and O–H groups in total. The Kier molecular flexibility index (Phi) is 8.30. The third kappa shape index (κ3) is 5.70. The van der Waals surface area contributed by atoms with Gasteiger partial charge in [-0.2, -0.15) is 0 Å². The molecule has 8 nitrogen and oxygen atoms in total. The summed E-state index contributed by atoms with van der Waals surface area (Å²) in [6.45, 7) is 6.46. The molecule has 0 aliphatic rings. The van der Waals surface area contributed by atoms with Gasteiger partial charge < -0.3 is 19.4 Å². The van der Waals surface area contributed by atoms with Crippen LogP contribution in [0.5, 0.6) is 5.75 Å². The number of aromatic nitrogens is 3. The Morgan fingerprint density at radius 3 is 2.62 bits per heavy atom. The van der Waals surface area contributed by atoms with Crippen LogP contribution >= 0.6 is 23.1 Å². The van der Waals surface area contributed by atoms with Crippen LogP contribution in [0.4, 0.5) is 5.00 Å². The van der Waals surface area contributed by atoms with E-state index in [1.807, 2.05) is 80.2 Å². The summed E-state index contributed by atoms with van der Waals surface area (Å²) in [5, 5.41) is 14.4. The monoisotopic (exact) mass is 536 g/mol. The van der Waals surface area contributed by atoms with E-state index < -0.39 is 5.97 Å². The van der Waals surface area contributed by atoms with E-state index in [2.05, 4.69) is 15.5 Å². The lowest BCUT2D eigenvalue weighted by Crippen LogP contribution is -2.16. The number of rotatable bonds is 9. The molecule has 0 saturated heterocycles. The molecule has 2 aromatic carbocycles. The Labute approximate surface area is 224 Å². The number of esters is 1. The highest BCUT2D eigenvalue weighted by Gasteiger charge is 2.24. The molecular weight excluding hydrogens is 508 g/mol. The van der Waals surface area contributed by atoms with Crippen LogP contribution in [0.25, 0.3) is 22.5 Å². The number of ether oxygens (including phenoxy) is 2. The van der Waals surface area contributed by atoms with Gasteiger partial charge in [-0.3, -0.25) is 4.79 Å². The lowest BCUT2D eigenvalue weighted by Gasteiger charge is -2.10. The molecule has 4 rings (SSSR count). The van der Waals surface area contributed by atoms with Crippen molar-refractivity contribution in [1.82, 2.24) is 14.8 Å². The second kappa shape index (κ2) is 11.6. The number of nitrogens with zero attached hydrogens (tertiary/aromatic N) is 3. The highest BCUT2D eigenvalue weighted by molar-refractivity contribution is 7.99. The first-order valence-electron chi connectivity index (χ1n) is 11.7. The standard InChI is InChI=1S/C27H28N4O4S2/c1-6-35-21-10-8-7-9-18(21)24-29-30-27(31(24)4)37-15-22(32)28-25-23(26(33)34-5)20(14-36-25)19-13-16(2)11-12-17(19)3/h7-14H,6,15H2,1-5H3,(H,28,32). The summed E-state index contributed by atoms with van der Waals surface area (Å²) in [5.41, 5.74) is 4.98. The fraction of sp³-hybridized carbons (Fsp3) is 0.259. The van der Waals surface area contributed by atoms with Crippen molar-refractivity contribution in [2.45, 2.75) is 25.9 Å². The number of anilines is 1. The molecule has 4 aromatic rings. The number of hydrogen-bond donors (Lipinski definition) is 1. The topological polar surface area (TPSA) is 95.3 Å². The first-order valence-corrected chi connectivity index (χ1v) is 13.5. The highest BCUT2D eigenvalue weighted by Crippen LogP contribution is 2.38. The van der Waals surface area contributed by atoms with E-state index in [0.29, 0.717) is 28.2 Å². The molecular formula is C27H28N4O4S2. The summed E-state index contributed by atoms with van der Waals surface area (Å²) in [6, 6.07) is 13.7. The number of benzene rings is 2. The summed E-state index contributed by atoms with van der Waals surface area (Å²) in [4.78, 5) is 25.6. The Morgan fingerprint density at radius 1 is 1.08 bits per heavy atom. The molecule has 0 spiro atoms. The number of nitrogens with one attached hydrogen (secondary N) is 1. The highest BCUT2D eigenvalue weighted by atomic mass is 32.2. The predicted molar refractivity (Wildman–Crippen MR) is 148 cm³/mol.